The average molecular weight is 360 g/mol. The van der Waals surface area contributed by atoms with Crippen molar-refractivity contribution in [3.8, 4) is 0 Å². The van der Waals surface area contributed by atoms with Crippen molar-refractivity contribution in [3.63, 3.8) is 0 Å². The molecule has 6 heteroatoms. The molecule has 1 N–H and O–H groups in total. The maximum Gasteiger partial charge on any atom is 0.433 e. The molecule has 0 aliphatic rings. The number of alkyl halides is 3. The van der Waals surface area contributed by atoms with Gasteiger partial charge in [-0.2, -0.15) is 13.2 Å². The number of hydrogen-bond acceptors (Lipinski definition) is 2. The molecular formula is C19H31F3N2O. The quantitative estimate of drug-likeness (QED) is 0.451. The minimum Gasteiger partial charge on any atom is -0.310 e. The van der Waals surface area contributed by atoms with Crippen molar-refractivity contribution in [2.24, 2.45) is 0 Å². The Balaban J connectivity index is 2.82. The SMILES string of the molecule is CCCCCCCC(CCCCCC)c1nc(C(F)(F)F)cc(=O)[nH]1. The zero-order valence-electron chi connectivity index (χ0n) is 15.4. The van der Waals surface area contributed by atoms with Gasteiger partial charge >= 0.3 is 6.18 Å². The number of nitrogens with zero attached hydrogens (tertiary/aromatic N) is 1. The van der Waals surface area contributed by atoms with Crippen LogP contribution in [0.25, 0.3) is 0 Å². The summed E-state index contributed by atoms with van der Waals surface area (Å²) < 4.78 is 38.8. The summed E-state index contributed by atoms with van der Waals surface area (Å²) in [5.41, 5.74) is -1.81. The molecule has 1 unspecified atom stereocenters. The fourth-order valence-electron chi connectivity index (χ4n) is 3.04. The number of nitrogens with one attached hydrogen (secondary N) is 1. The number of hydrogen-bond donors (Lipinski definition) is 1. The Bertz CT molecular complexity index is 540. The lowest BCUT2D eigenvalue weighted by Crippen LogP contribution is -2.20. The molecule has 0 spiro atoms. The normalized spacial score (nSPS) is 13.2. The maximum atomic E-state index is 12.9. The van der Waals surface area contributed by atoms with Crippen LogP contribution in [-0.2, 0) is 6.18 Å². The lowest BCUT2D eigenvalue weighted by Gasteiger charge is -2.17. The molecule has 1 heterocycles. The van der Waals surface area contributed by atoms with Crippen LogP contribution in [0.5, 0.6) is 0 Å². The third-order valence-electron chi connectivity index (χ3n) is 4.50. The third kappa shape index (κ3) is 8.54. The number of H-pyrrole nitrogens is 1. The molecular weight excluding hydrogens is 329 g/mol. The van der Waals surface area contributed by atoms with E-state index in [0.29, 0.717) is 6.07 Å². The van der Waals surface area contributed by atoms with Crippen LogP contribution in [0.15, 0.2) is 10.9 Å². The van der Waals surface area contributed by atoms with Gasteiger partial charge in [0.15, 0.2) is 5.69 Å². The summed E-state index contributed by atoms with van der Waals surface area (Å²) >= 11 is 0. The number of halogens is 3. The summed E-state index contributed by atoms with van der Waals surface area (Å²) in [6.45, 7) is 4.27. The van der Waals surface area contributed by atoms with Gasteiger partial charge in [0.2, 0.25) is 0 Å². The standard InChI is InChI=1S/C19H31F3N2O/c1-3-5-7-9-11-13-15(12-10-8-6-4-2)18-23-16(19(20,21)22)14-17(25)24-18/h14-15H,3-13H2,1-2H3,(H,23,24,25). The molecule has 0 bridgehead atoms. The molecule has 0 aliphatic carbocycles. The van der Waals surface area contributed by atoms with Crippen LogP contribution in [0, 0.1) is 0 Å². The Labute approximate surface area is 148 Å². The van der Waals surface area contributed by atoms with Crippen molar-refractivity contribution in [2.45, 2.75) is 96.6 Å². The molecule has 3 nitrogen and oxygen atoms in total. The molecule has 0 aliphatic heterocycles. The summed E-state index contributed by atoms with van der Waals surface area (Å²) in [6.07, 6.45) is 6.72. The highest BCUT2D eigenvalue weighted by Crippen LogP contribution is 2.30. The molecule has 0 saturated carbocycles. The van der Waals surface area contributed by atoms with Gasteiger partial charge in [0.05, 0.1) is 0 Å². The Kier molecular flexibility index (Phi) is 9.83. The van der Waals surface area contributed by atoms with E-state index < -0.39 is 17.4 Å². The number of aromatic nitrogens is 2. The first-order valence-electron chi connectivity index (χ1n) is 9.57. The Morgan fingerprint density at radius 3 is 2.00 bits per heavy atom. The highest BCUT2D eigenvalue weighted by atomic mass is 19.4. The van der Waals surface area contributed by atoms with Crippen molar-refractivity contribution >= 4 is 0 Å². The molecule has 0 radical (unpaired) electrons. The highest BCUT2D eigenvalue weighted by molar-refractivity contribution is 5.09. The van der Waals surface area contributed by atoms with Crippen LogP contribution in [0.1, 0.15) is 102 Å². The Morgan fingerprint density at radius 1 is 0.960 bits per heavy atom. The second kappa shape index (κ2) is 11.3. The van der Waals surface area contributed by atoms with E-state index in [-0.39, 0.29) is 11.7 Å². The summed E-state index contributed by atoms with van der Waals surface area (Å²) in [5, 5.41) is 0. The van der Waals surface area contributed by atoms with E-state index in [4.69, 9.17) is 0 Å². The molecule has 25 heavy (non-hydrogen) atoms. The van der Waals surface area contributed by atoms with Gasteiger partial charge in [0.1, 0.15) is 5.82 Å². The second-order valence-electron chi connectivity index (χ2n) is 6.76. The van der Waals surface area contributed by atoms with E-state index in [9.17, 15) is 18.0 Å². The van der Waals surface area contributed by atoms with Crippen molar-refractivity contribution < 1.29 is 13.2 Å². The number of rotatable bonds is 12. The van der Waals surface area contributed by atoms with Gasteiger partial charge in [-0.25, -0.2) is 4.98 Å². The first-order chi connectivity index (χ1) is 11.9. The minimum absolute atomic E-state index is 0.103. The van der Waals surface area contributed by atoms with Crippen molar-refractivity contribution in [3.05, 3.63) is 27.9 Å². The van der Waals surface area contributed by atoms with Crippen molar-refractivity contribution in [2.75, 3.05) is 0 Å². The Morgan fingerprint density at radius 2 is 1.48 bits per heavy atom. The van der Waals surface area contributed by atoms with Gasteiger partial charge in [0.25, 0.3) is 5.56 Å². The summed E-state index contributed by atoms with van der Waals surface area (Å²) in [7, 11) is 0. The van der Waals surface area contributed by atoms with Crippen LogP contribution >= 0.6 is 0 Å². The molecule has 0 saturated heterocycles. The monoisotopic (exact) mass is 360 g/mol. The van der Waals surface area contributed by atoms with E-state index in [1.165, 1.54) is 6.42 Å². The zero-order chi connectivity index (χ0) is 18.7. The Hall–Kier alpha value is -1.33. The molecule has 0 fully saturated rings. The van der Waals surface area contributed by atoms with Crippen molar-refractivity contribution in [1.29, 1.82) is 0 Å². The van der Waals surface area contributed by atoms with Crippen LogP contribution < -0.4 is 5.56 Å². The van der Waals surface area contributed by atoms with E-state index in [1.54, 1.807) is 0 Å². The number of unbranched alkanes of at least 4 members (excludes halogenated alkanes) is 7. The highest BCUT2D eigenvalue weighted by Gasteiger charge is 2.34. The van der Waals surface area contributed by atoms with E-state index in [0.717, 1.165) is 64.2 Å². The predicted molar refractivity (Wildman–Crippen MR) is 94.7 cm³/mol. The second-order valence-corrected chi connectivity index (χ2v) is 6.76. The molecule has 0 aromatic carbocycles. The van der Waals surface area contributed by atoms with E-state index in [2.05, 4.69) is 23.8 Å². The van der Waals surface area contributed by atoms with Crippen LogP contribution in [0.3, 0.4) is 0 Å². The first-order valence-corrected chi connectivity index (χ1v) is 9.57. The van der Waals surface area contributed by atoms with E-state index >= 15 is 0 Å². The average Bonchev–Trinajstić information content (AvgIpc) is 2.55. The predicted octanol–water partition coefficient (Wildman–Crippen LogP) is 6.20. The number of aromatic amines is 1. The van der Waals surface area contributed by atoms with Gasteiger partial charge in [0, 0.05) is 12.0 Å². The van der Waals surface area contributed by atoms with Gasteiger partial charge < -0.3 is 4.98 Å². The molecule has 144 valence electrons. The van der Waals surface area contributed by atoms with Gasteiger partial charge in [-0.3, -0.25) is 4.79 Å². The topological polar surface area (TPSA) is 45.8 Å². The van der Waals surface area contributed by atoms with Gasteiger partial charge in [-0.1, -0.05) is 71.6 Å². The van der Waals surface area contributed by atoms with Crippen LogP contribution in [0.4, 0.5) is 13.2 Å². The maximum absolute atomic E-state index is 12.9. The van der Waals surface area contributed by atoms with Gasteiger partial charge in [-0.15, -0.1) is 0 Å². The molecule has 1 aromatic heterocycles. The molecule has 0 amide bonds. The summed E-state index contributed by atoms with van der Waals surface area (Å²) in [4.78, 5) is 17.9. The largest absolute Gasteiger partial charge is 0.433 e. The van der Waals surface area contributed by atoms with Gasteiger partial charge in [-0.05, 0) is 12.8 Å². The van der Waals surface area contributed by atoms with Crippen molar-refractivity contribution in [1.82, 2.24) is 9.97 Å². The minimum atomic E-state index is -4.59. The molecule has 1 rings (SSSR count). The smallest absolute Gasteiger partial charge is 0.310 e. The fourth-order valence-corrected chi connectivity index (χ4v) is 3.04. The molecule has 1 aromatic rings. The summed E-state index contributed by atoms with van der Waals surface area (Å²) in [5.74, 6) is 0.0975. The summed E-state index contributed by atoms with van der Waals surface area (Å²) in [6, 6.07) is 0.541. The third-order valence-corrected chi connectivity index (χ3v) is 4.50. The fraction of sp³-hybridized carbons (Fsp3) is 0.789. The lowest BCUT2D eigenvalue weighted by molar-refractivity contribution is -0.141. The van der Waals surface area contributed by atoms with Crippen LogP contribution in [0.2, 0.25) is 0 Å². The van der Waals surface area contributed by atoms with E-state index in [1.807, 2.05) is 0 Å². The first kappa shape index (κ1) is 21.7. The zero-order valence-corrected chi connectivity index (χ0v) is 15.4. The molecule has 1 atom stereocenters. The lowest BCUT2D eigenvalue weighted by atomic mass is 9.93. The van der Waals surface area contributed by atoms with Crippen LogP contribution in [-0.4, -0.2) is 9.97 Å².